The summed E-state index contributed by atoms with van der Waals surface area (Å²) in [6.07, 6.45) is 1.19. The maximum absolute atomic E-state index is 15.0. The molecule has 1 aliphatic carbocycles. The highest BCUT2D eigenvalue weighted by molar-refractivity contribution is 5.64. The van der Waals surface area contributed by atoms with E-state index in [0.717, 1.165) is 36.2 Å². The van der Waals surface area contributed by atoms with Crippen molar-refractivity contribution in [1.29, 1.82) is 0 Å². The van der Waals surface area contributed by atoms with Gasteiger partial charge < -0.3 is 14.2 Å². The van der Waals surface area contributed by atoms with Gasteiger partial charge in [-0.25, -0.2) is 13.2 Å². The Morgan fingerprint density at radius 3 is 2.05 bits per heavy atom. The van der Waals surface area contributed by atoms with Crippen molar-refractivity contribution in [3.05, 3.63) is 94.8 Å². The molecule has 42 heavy (non-hydrogen) atoms. The Labute approximate surface area is 244 Å². The van der Waals surface area contributed by atoms with Crippen molar-refractivity contribution in [2.45, 2.75) is 82.7 Å². The first-order valence-corrected chi connectivity index (χ1v) is 14.9. The largest absolute Gasteiger partial charge is 0.386 e. The smallest absolute Gasteiger partial charge is 0.348 e. The number of hydrogen-bond donors (Lipinski definition) is 0. The van der Waals surface area contributed by atoms with Crippen LogP contribution in [0.5, 0.6) is 0 Å². The quantitative estimate of drug-likeness (QED) is 0.174. The summed E-state index contributed by atoms with van der Waals surface area (Å²) >= 11 is 0. The third kappa shape index (κ3) is 7.39. The molecule has 0 amide bonds. The van der Waals surface area contributed by atoms with Gasteiger partial charge in [0, 0.05) is 11.5 Å². The minimum Gasteiger partial charge on any atom is -0.348 e. The Kier molecular flexibility index (Phi) is 9.96. The third-order valence-electron chi connectivity index (χ3n) is 8.39. The standard InChI is InChI=1S/C34H37F5O3/c1-2-3-4-5-22-20-40-33(41-21-22)25-8-6-23(7-9-25)26-12-16-29(31(36)18-26)34(38,39)42-28-14-10-24(11-15-28)27-13-17-30(35)32(37)19-27/h6-9,12-13,16-19,22,24,28,33H,2-5,10-11,14-15,20-21H2,1H3. The highest BCUT2D eigenvalue weighted by atomic mass is 19.3. The van der Waals surface area contributed by atoms with E-state index in [9.17, 15) is 13.2 Å². The van der Waals surface area contributed by atoms with Gasteiger partial charge in [-0.05, 0) is 79.0 Å². The third-order valence-corrected chi connectivity index (χ3v) is 8.39. The molecule has 0 N–H and O–H groups in total. The van der Waals surface area contributed by atoms with Crippen molar-refractivity contribution in [2.75, 3.05) is 13.2 Å². The molecular weight excluding hydrogens is 551 g/mol. The van der Waals surface area contributed by atoms with Crippen LogP contribution in [0.4, 0.5) is 22.0 Å². The normalized spacial score (nSPS) is 23.2. The second-order valence-electron chi connectivity index (χ2n) is 11.5. The van der Waals surface area contributed by atoms with Crippen molar-refractivity contribution < 1.29 is 36.2 Å². The lowest BCUT2D eigenvalue weighted by Crippen LogP contribution is -2.30. The predicted molar refractivity (Wildman–Crippen MR) is 150 cm³/mol. The summed E-state index contributed by atoms with van der Waals surface area (Å²) in [6, 6.07) is 14.6. The van der Waals surface area contributed by atoms with Crippen molar-refractivity contribution in [1.82, 2.24) is 0 Å². The van der Waals surface area contributed by atoms with E-state index < -0.39 is 41.5 Å². The fraction of sp³-hybridized carbons (Fsp3) is 0.471. The van der Waals surface area contributed by atoms with Crippen molar-refractivity contribution >= 4 is 0 Å². The summed E-state index contributed by atoms with van der Waals surface area (Å²) in [7, 11) is 0. The summed E-state index contributed by atoms with van der Waals surface area (Å²) in [4.78, 5) is 0. The van der Waals surface area contributed by atoms with Gasteiger partial charge in [-0.15, -0.1) is 0 Å². The average Bonchev–Trinajstić information content (AvgIpc) is 2.99. The number of ether oxygens (including phenoxy) is 3. The summed E-state index contributed by atoms with van der Waals surface area (Å²) in [5, 5.41) is 0. The molecule has 0 radical (unpaired) electrons. The van der Waals surface area contributed by atoms with Gasteiger partial charge in [0.1, 0.15) is 5.82 Å². The van der Waals surface area contributed by atoms with Crippen molar-refractivity contribution in [2.24, 2.45) is 5.92 Å². The highest BCUT2D eigenvalue weighted by Gasteiger charge is 2.40. The zero-order chi connectivity index (χ0) is 29.7. The van der Waals surface area contributed by atoms with Crippen LogP contribution in [0.1, 0.15) is 87.2 Å². The number of benzene rings is 3. The minimum atomic E-state index is -3.81. The molecule has 2 aliphatic rings. The lowest BCUT2D eigenvalue weighted by atomic mass is 9.82. The molecule has 0 unspecified atom stereocenters. The molecule has 1 aliphatic heterocycles. The van der Waals surface area contributed by atoms with Crippen LogP contribution in [-0.4, -0.2) is 19.3 Å². The van der Waals surface area contributed by atoms with Crippen LogP contribution in [0.25, 0.3) is 11.1 Å². The molecule has 3 nitrogen and oxygen atoms in total. The van der Waals surface area contributed by atoms with Crippen molar-refractivity contribution in [3.8, 4) is 11.1 Å². The first-order chi connectivity index (χ1) is 20.2. The molecule has 0 bridgehead atoms. The molecular formula is C34H37F5O3. The Balaban J connectivity index is 1.16. The highest BCUT2D eigenvalue weighted by Crippen LogP contribution is 2.40. The average molecular weight is 589 g/mol. The second kappa shape index (κ2) is 13.7. The van der Waals surface area contributed by atoms with E-state index in [-0.39, 0.29) is 5.92 Å². The van der Waals surface area contributed by atoms with E-state index in [1.807, 2.05) is 12.1 Å². The summed E-state index contributed by atoms with van der Waals surface area (Å²) in [5.41, 5.74) is 1.81. The maximum atomic E-state index is 15.0. The molecule has 1 saturated carbocycles. The van der Waals surface area contributed by atoms with Gasteiger partial charge in [-0.2, -0.15) is 8.78 Å². The molecule has 226 valence electrons. The van der Waals surface area contributed by atoms with Crippen LogP contribution in [0.2, 0.25) is 0 Å². The van der Waals surface area contributed by atoms with E-state index in [1.165, 1.54) is 31.4 Å². The summed E-state index contributed by atoms with van der Waals surface area (Å²) < 4.78 is 88.9. The number of rotatable bonds is 10. The van der Waals surface area contributed by atoms with E-state index in [1.54, 1.807) is 12.1 Å². The first-order valence-electron chi connectivity index (χ1n) is 14.9. The Bertz CT molecular complexity index is 1310. The van der Waals surface area contributed by atoms with E-state index >= 15 is 8.78 Å². The van der Waals surface area contributed by atoms with Crippen LogP contribution >= 0.6 is 0 Å². The van der Waals surface area contributed by atoms with Gasteiger partial charge in [0.05, 0.1) is 24.9 Å². The predicted octanol–water partition coefficient (Wildman–Crippen LogP) is 9.81. The van der Waals surface area contributed by atoms with Crippen LogP contribution in [-0.2, 0) is 20.3 Å². The molecule has 3 aromatic rings. The summed E-state index contributed by atoms with van der Waals surface area (Å²) in [5.74, 6) is -2.57. The molecule has 1 saturated heterocycles. The lowest BCUT2D eigenvalue weighted by Gasteiger charge is -2.31. The van der Waals surface area contributed by atoms with E-state index in [4.69, 9.17) is 14.2 Å². The molecule has 0 atom stereocenters. The Morgan fingerprint density at radius 2 is 1.40 bits per heavy atom. The van der Waals surface area contributed by atoms with Gasteiger partial charge in [-0.3, -0.25) is 0 Å². The van der Waals surface area contributed by atoms with Crippen LogP contribution in [0.15, 0.2) is 60.7 Å². The van der Waals surface area contributed by atoms with Crippen LogP contribution < -0.4 is 0 Å². The second-order valence-corrected chi connectivity index (χ2v) is 11.5. The number of halogens is 5. The zero-order valence-corrected chi connectivity index (χ0v) is 23.8. The van der Waals surface area contributed by atoms with Crippen molar-refractivity contribution in [3.63, 3.8) is 0 Å². The Hall–Kier alpha value is -2.81. The zero-order valence-electron chi connectivity index (χ0n) is 23.8. The van der Waals surface area contributed by atoms with Gasteiger partial charge >= 0.3 is 6.11 Å². The first kappa shape index (κ1) is 30.6. The van der Waals surface area contributed by atoms with Crippen LogP contribution in [0.3, 0.4) is 0 Å². The van der Waals surface area contributed by atoms with Crippen LogP contribution in [0, 0.1) is 23.4 Å². The molecule has 3 aromatic carbocycles. The number of hydrogen-bond acceptors (Lipinski definition) is 3. The maximum Gasteiger partial charge on any atom is 0.386 e. The van der Waals surface area contributed by atoms with E-state index in [0.29, 0.717) is 61.5 Å². The fourth-order valence-electron chi connectivity index (χ4n) is 5.90. The number of alkyl halides is 2. The summed E-state index contributed by atoms with van der Waals surface area (Å²) in [6.45, 7) is 3.47. The Morgan fingerprint density at radius 1 is 0.738 bits per heavy atom. The number of unbranched alkanes of at least 4 members (excludes halogenated alkanes) is 2. The molecule has 0 spiro atoms. The molecule has 1 heterocycles. The molecule has 2 fully saturated rings. The minimum absolute atomic E-state index is 0.0697. The van der Waals surface area contributed by atoms with Gasteiger partial charge in [-0.1, -0.05) is 62.6 Å². The SMILES string of the molecule is CCCCCC1COC(c2ccc(-c3ccc(C(F)(F)OC4CCC(c5ccc(F)c(F)c5)CC4)c(F)c3)cc2)OC1. The monoisotopic (exact) mass is 588 g/mol. The molecule has 0 aromatic heterocycles. The lowest BCUT2D eigenvalue weighted by molar-refractivity contribution is -0.278. The molecule has 5 rings (SSSR count). The molecule has 8 heteroatoms. The van der Waals surface area contributed by atoms with Gasteiger partial charge in [0.15, 0.2) is 17.9 Å². The van der Waals surface area contributed by atoms with Gasteiger partial charge in [0.25, 0.3) is 0 Å². The topological polar surface area (TPSA) is 27.7 Å². The van der Waals surface area contributed by atoms with Gasteiger partial charge in [0.2, 0.25) is 0 Å². The van der Waals surface area contributed by atoms with E-state index in [2.05, 4.69) is 6.92 Å². The fourth-order valence-corrected chi connectivity index (χ4v) is 5.90.